The molecular formula is C18H28O2. The van der Waals surface area contributed by atoms with E-state index in [9.17, 15) is 10.2 Å². The molecule has 2 N–H and O–H groups in total. The summed E-state index contributed by atoms with van der Waals surface area (Å²) >= 11 is 0. The van der Waals surface area contributed by atoms with E-state index in [1.54, 1.807) is 0 Å². The summed E-state index contributed by atoms with van der Waals surface area (Å²) < 4.78 is 0. The highest BCUT2D eigenvalue weighted by Crippen LogP contribution is 2.61. The second-order valence-corrected chi connectivity index (χ2v) is 8.17. The van der Waals surface area contributed by atoms with Crippen LogP contribution in [0.15, 0.2) is 12.2 Å². The van der Waals surface area contributed by atoms with Crippen LogP contribution in [0.25, 0.3) is 0 Å². The van der Waals surface area contributed by atoms with Gasteiger partial charge in [0.05, 0.1) is 12.2 Å². The topological polar surface area (TPSA) is 40.5 Å². The lowest BCUT2D eigenvalue weighted by Gasteiger charge is -2.54. The van der Waals surface area contributed by atoms with Gasteiger partial charge in [0.2, 0.25) is 0 Å². The van der Waals surface area contributed by atoms with Crippen LogP contribution in [0.5, 0.6) is 0 Å². The van der Waals surface area contributed by atoms with Gasteiger partial charge in [0.15, 0.2) is 0 Å². The lowest BCUT2D eigenvalue weighted by atomic mass is 9.51. The zero-order chi connectivity index (χ0) is 13.9. The summed E-state index contributed by atoms with van der Waals surface area (Å²) in [6.07, 6.45) is 12.5. The Morgan fingerprint density at radius 1 is 0.950 bits per heavy atom. The summed E-state index contributed by atoms with van der Waals surface area (Å²) in [5.41, 5.74) is 0.200. The van der Waals surface area contributed by atoms with Crippen molar-refractivity contribution in [1.29, 1.82) is 0 Å². The molecular weight excluding hydrogens is 248 g/mol. The number of rotatable bonds is 0. The van der Waals surface area contributed by atoms with Gasteiger partial charge in [-0.05, 0) is 80.0 Å². The maximum absolute atomic E-state index is 10.4. The van der Waals surface area contributed by atoms with Gasteiger partial charge in [-0.15, -0.1) is 0 Å². The Bertz CT molecular complexity index is 418. The normalized spacial score (nSPS) is 57.9. The van der Waals surface area contributed by atoms with E-state index in [-0.39, 0.29) is 17.6 Å². The van der Waals surface area contributed by atoms with E-state index < -0.39 is 0 Å². The van der Waals surface area contributed by atoms with Crippen LogP contribution in [-0.4, -0.2) is 22.4 Å². The van der Waals surface area contributed by atoms with Gasteiger partial charge < -0.3 is 10.2 Å². The number of hydrogen-bond donors (Lipinski definition) is 2. The molecule has 0 aromatic heterocycles. The monoisotopic (exact) mass is 276 g/mol. The van der Waals surface area contributed by atoms with Gasteiger partial charge >= 0.3 is 0 Å². The predicted molar refractivity (Wildman–Crippen MR) is 79.0 cm³/mol. The summed E-state index contributed by atoms with van der Waals surface area (Å²) in [6, 6.07) is 0. The van der Waals surface area contributed by atoms with Gasteiger partial charge in [0.25, 0.3) is 0 Å². The molecule has 2 nitrogen and oxygen atoms in total. The Kier molecular flexibility index (Phi) is 3.05. The standard InChI is InChI=1S/C18H28O2/c1-18-9-8-14-13-5-3-12(19)10-11(13)2-4-15(14)16(18)6-7-17(18)20/h3,5,11-17,19-20H,2,4,6-10H2,1H3/t11-,12-,13-,14+,15+,16-,17-,18-/m0/s1. The van der Waals surface area contributed by atoms with Crippen molar-refractivity contribution in [2.24, 2.45) is 35.0 Å². The van der Waals surface area contributed by atoms with E-state index in [1.807, 2.05) is 6.08 Å². The van der Waals surface area contributed by atoms with Crippen LogP contribution >= 0.6 is 0 Å². The van der Waals surface area contributed by atoms with Crippen LogP contribution < -0.4 is 0 Å². The first-order valence-corrected chi connectivity index (χ1v) is 8.64. The van der Waals surface area contributed by atoms with Gasteiger partial charge in [-0.3, -0.25) is 0 Å². The molecule has 0 aliphatic heterocycles. The van der Waals surface area contributed by atoms with E-state index in [0.29, 0.717) is 11.8 Å². The highest BCUT2D eigenvalue weighted by molar-refractivity contribution is 5.11. The molecule has 112 valence electrons. The second-order valence-electron chi connectivity index (χ2n) is 8.17. The molecule has 0 saturated heterocycles. The molecule has 0 spiro atoms. The van der Waals surface area contributed by atoms with Gasteiger partial charge in [-0.2, -0.15) is 0 Å². The molecule has 3 fully saturated rings. The first kappa shape index (κ1) is 13.3. The lowest BCUT2D eigenvalue weighted by Crippen LogP contribution is -2.48. The van der Waals surface area contributed by atoms with E-state index >= 15 is 0 Å². The van der Waals surface area contributed by atoms with E-state index in [1.165, 1.54) is 32.1 Å². The minimum atomic E-state index is -0.199. The highest BCUT2D eigenvalue weighted by atomic mass is 16.3. The summed E-state index contributed by atoms with van der Waals surface area (Å²) in [5, 5.41) is 20.2. The fourth-order valence-electron chi connectivity index (χ4n) is 6.35. The third-order valence-electron chi connectivity index (χ3n) is 7.45. The average molecular weight is 276 g/mol. The first-order valence-electron chi connectivity index (χ1n) is 8.64. The summed E-state index contributed by atoms with van der Waals surface area (Å²) in [7, 11) is 0. The smallest absolute Gasteiger partial charge is 0.0723 e. The molecule has 0 unspecified atom stereocenters. The largest absolute Gasteiger partial charge is 0.393 e. The van der Waals surface area contributed by atoms with Crippen molar-refractivity contribution in [2.75, 3.05) is 0 Å². The fourth-order valence-corrected chi connectivity index (χ4v) is 6.35. The van der Waals surface area contributed by atoms with Crippen LogP contribution in [0.2, 0.25) is 0 Å². The van der Waals surface area contributed by atoms with Crippen molar-refractivity contribution >= 4 is 0 Å². The Labute approximate surface area is 122 Å². The number of aliphatic hydroxyl groups is 2. The third kappa shape index (κ3) is 1.77. The number of aliphatic hydroxyl groups excluding tert-OH is 2. The van der Waals surface area contributed by atoms with Crippen molar-refractivity contribution in [3.8, 4) is 0 Å². The summed E-state index contributed by atoms with van der Waals surface area (Å²) in [4.78, 5) is 0. The van der Waals surface area contributed by atoms with E-state index in [0.717, 1.165) is 30.6 Å². The van der Waals surface area contributed by atoms with E-state index in [4.69, 9.17) is 0 Å². The molecule has 8 atom stereocenters. The third-order valence-corrected chi connectivity index (χ3v) is 7.45. The molecule has 0 bridgehead atoms. The Morgan fingerprint density at radius 3 is 2.65 bits per heavy atom. The number of allylic oxidation sites excluding steroid dienone is 1. The molecule has 4 aliphatic carbocycles. The van der Waals surface area contributed by atoms with Crippen molar-refractivity contribution in [1.82, 2.24) is 0 Å². The second kappa shape index (κ2) is 4.58. The summed E-state index contributed by atoms with van der Waals surface area (Å²) in [6.45, 7) is 2.35. The zero-order valence-corrected chi connectivity index (χ0v) is 12.5. The van der Waals surface area contributed by atoms with Crippen molar-refractivity contribution in [2.45, 2.75) is 64.1 Å². The van der Waals surface area contributed by atoms with Crippen molar-refractivity contribution in [3.05, 3.63) is 12.2 Å². The molecule has 2 heteroatoms. The van der Waals surface area contributed by atoms with Crippen LogP contribution in [0.4, 0.5) is 0 Å². The van der Waals surface area contributed by atoms with Gasteiger partial charge in [-0.25, -0.2) is 0 Å². The molecule has 0 radical (unpaired) electrons. The molecule has 0 aromatic rings. The lowest BCUT2D eigenvalue weighted by molar-refractivity contribution is -0.0703. The molecule has 3 saturated carbocycles. The molecule has 0 aromatic carbocycles. The molecule has 0 heterocycles. The maximum atomic E-state index is 10.4. The minimum Gasteiger partial charge on any atom is -0.393 e. The van der Waals surface area contributed by atoms with Crippen LogP contribution in [0, 0.1) is 35.0 Å². The van der Waals surface area contributed by atoms with Gasteiger partial charge in [-0.1, -0.05) is 19.1 Å². The van der Waals surface area contributed by atoms with E-state index in [2.05, 4.69) is 13.0 Å². The quantitative estimate of drug-likeness (QED) is 0.667. The molecule has 4 rings (SSSR count). The maximum Gasteiger partial charge on any atom is 0.0723 e. The predicted octanol–water partition coefficient (Wildman–Crippen LogP) is 3.14. The number of hydrogen-bond acceptors (Lipinski definition) is 2. The Morgan fingerprint density at radius 2 is 1.80 bits per heavy atom. The Balaban J connectivity index is 1.61. The van der Waals surface area contributed by atoms with Gasteiger partial charge in [0.1, 0.15) is 0 Å². The molecule has 0 amide bonds. The van der Waals surface area contributed by atoms with Crippen LogP contribution in [0.3, 0.4) is 0 Å². The summed E-state index contributed by atoms with van der Waals surface area (Å²) in [5.74, 6) is 3.82. The fraction of sp³-hybridized carbons (Fsp3) is 0.889. The molecule has 20 heavy (non-hydrogen) atoms. The SMILES string of the molecule is C[C@]12CC[C@@H]3[C@H]4C=C[C@H](O)C[C@@H]4CC[C@H]3[C@@H]1CC[C@@H]2O. The zero-order valence-electron chi connectivity index (χ0n) is 12.5. The average Bonchev–Trinajstić information content (AvgIpc) is 2.74. The van der Waals surface area contributed by atoms with Gasteiger partial charge in [0, 0.05) is 0 Å². The number of fused-ring (bicyclic) bond motifs is 5. The Hall–Kier alpha value is -0.340. The van der Waals surface area contributed by atoms with Crippen LogP contribution in [-0.2, 0) is 0 Å². The molecule has 4 aliphatic rings. The van der Waals surface area contributed by atoms with Crippen molar-refractivity contribution in [3.63, 3.8) is 0 Å². The van der Waals surface area contributed by atoms with Crippen LogP contribution in [0.1, 0.15) is 51.9 Å². The minimum absolute atomic E-state index is 0.0603. The first-order chi connectivity index (χ1) is 9.59. The van der Waals surface area contributed by atoms with Crippen molar-refractivity contribution < 1.29 is 10.2 Å². The highest BCUT2D eigenvalue weighted by Gasteiger charge is 2.56.